The second-order valence-electron chi connectivity index (χ2n) is 9.66. The Hall–Kier alpha value is -3.50. The fraction of sp³-hybridized carbons (Fsp3) is 0.207. The number of hydrogen-bond acceptors (Lipinski definition) is 3. The molecular weight excluding hydrogens is 446 g/mol. The molecule has 0 aromatic heterocycles. The van der Waals surface area contributed by atoms with Crippen molar-refractivity contribution in [1.29, 1.82) is 0 Å². The lowest BCUT2D eigenvalue weighted by Crippen LogP contribution is -2.40. The second kappa shape index (κ2) is 7.00. The predicted octanol–water partition coefficient (Wildman–Crippen LogP) is 5.67. The minimum atomic E-state index is -1.11. The lowest BCUT2D eigenvalue weighted by atomic mass is 9.63. The number of carbonyl (C=O) groups excluding carboxylic acids is 3. The van der Waals surface area contributed by atoms with Gasteiger partial charge in [-0.1, -0.05) is 72.3 Å². The molecule has 2 amide bonds. The van der Waals surface area contributed by atoms with Crippen molar-refractivity contribution in [3.8, 4) is 0 Å². The number of rotatable bonds is 3. The van der Waals surface area contributed by atoms with Gasteiger partial charge in [0.15, 0.2) is 5.78 Å². The molecule has 3 aliphatic rings. The van der Waals surface area contributed by atoms with E-state index in [4.69, 9.17) is 11.6 Å². The van der Waals surface area contributed by atoms with Crippen LogP contribution in [0.25, 0.3) is 11.1 Å². The standard InChI is InChI=1S/C29H22ClNO3/c1-28-21(17-9-5-3-6-10-17)22(18-11-7-4-8-12-18)29(2,27(28)34)24-23(28)25(32)31(26(24)33)20-15-13-19(30)14-16-20/h3-16,23-24H,1-2H3/t23-,24+,28-,29-/m1/s1. The number of halogens is 1. The lowest BCUT2D eigenvalue weighted by molar-refractivity contribution is -0.133. The van der Waals surface area contributed by atoms with E-state index in [2.05, 4.69) is 0 Å². The maximum atomic E-state index is 14.2. The molecule has 2 fully saturated rings. The first-order valence-corrected chi connectivity index (χ1v) is 11.7. The molecule has 0 N–H and O–H groups in total. The molecule has 4 atom stereocenters. The van der Waals surface area contributed by atoms with Crippen LogP contribution in [0.1, 0.15) is 25.0 Å². The Labute approximate surface area is 202 Å². The molecule has 2 aliphatic carbocycles. The molecule has 5 heteroatoms. The third kappa shape index (κ3) is 2.41. The van der Waals surface area contributed by atoms with Gasteiger partial charge in [-0.3, -0.25) is 14.4 Å². The van der Waals surface area contributed by atoms with Gasteiger partial charge in [-0.2, -0.15) is 0 Å². The number of benzene rings is 3. The number of anilines is 1. The molecular formula is C29H22ClNO3. The van der Waals surface area contributed by atoms with Crippen molar-refractivity contribution >= 4 is 46.0 Å². The summed E-state index contributed by atoms with van der Waals surface area (Å²) in [6, 6.07) is 26.2. The van der Waals surface area contributed by atoms with Crippen LogP contribution >= 0.6 is 11.6 Å². The molecule has 6 rings (SSSR count). The topological polar surface area (TPSA) is 54.5 Å². The Morgan fingerprint density at radius 3 is 1.47 bits per heavy atom. The maximum Gasteiger partial charge on any atom is 0.239 e. The average molecular weight is 468 g/mol. The molecule has 34 heavy (non-hydrogen) atoms. The number of Topliss-reactive ketones (excluding diaryl/α,β-unsaturated/α-hetero) is 1. The minimum Gasteiger partial charge on any atom is -0.298 e. The van der Waals surface area contributed by atoms with Crippen LogP contribution in [0.2, 0.25) is 5.02 Å². The number of carbonyl (C=O) groups is 3. The van der Waals surface area contributed by atoms with E-state index in [0.717, 1.165) is 22.3 Å². The summed E-state index contributed by atoms with van der Waals surface area (Å²) in [6.45, 7) is 3.71. The molecule has 1 saturated carbocycles. The van der Waals surface area contributed by atoms with E-state index >= 15 is 0 Å². The van der Waals surface area contributed by atoms with E-state index in [1.54, 1.807) is 24.3 Å². The summed E-state index contributed by atoms with van der Waals surface area (Å²) in [5.41, 5.74) is 1.78. The summed E-state index contributed by atoms with van der Waals surface area (Å²) >= 11 is 6.04. The summed E-state index contributed by atoms with van der Waals surface area (Å²) in [5, 5.41) is 0.525. The van der Waals surface area contributed by atoms with E-state index in [9.17, 15) is 14.4 Å². The molecule has 0 radical (unpaired) electrons. The number of nitrogens with zero attached hydrogens (tertiary/aromatic N) is 1. The van der Waals surface area contributed by atoms with E-state index in [0.29, 0.717) is 10.7 Å². The SMILES string of the molecule is C[C@@]12C(=O)[C@](C)(C(c3ccccc3)=C1c1ccccc1)[C@H]1C(=O)N(c3ccc(Cl)cc3)C(=O)[C@H]12. The average Bonchev–Trinajstić information content (AvgIpc) is 3.30. The largest absolute Gasteiger partial charge is 0.298 e. The lowest BCUT2D eigenvalue weighted by Gasteiger charge is -2.35. The van der Waals surface area contributed by atoms with Gasteiger partial charge in [-0.05, 0) is 60.4 Å². The smallest absolute Gasteiger partial charge is 0.239 e. The third-order valence-electron chi connectivity index (χ3n) is 7.99. The first kappa shape index (κ1) is 21.1. The van der Waals surface area contributed by atoms with Crippen molar-refractivity contribution in [2.24, 2.45) is 22.7 Å². The molecule has 1 saturated heterocycles. The number of hydrogen-bond donors (Lipinski definition) is 0. The van der Waals surface area contributed by atoms with Crippen LogP contribution < -0.4 is 4.90 Å². The van der Waals surface area contributed by atoms with E-state index in [-0.39, 0.29) is 17.6 Å². The van der Waals surface area contributed by atoms with Crippen molar-refractivity contribution in [3.05, 3.63) is 101 Å². The fourth-order valence-electron chi connectivity index (χ4n) is 6.65. The van der Waals surface area contributed by atoms with Crippen LogP contribution in [0.15, 0.2) is 84.9 Å². The van der Waals surface area contributed by atoms with E-state index in [1.807, 2.05) is 74.5 Å². The molecule has 0 spiro atoms. The van der Waals surface area contributed by atoms with Crippen molar-refractivity contribution in [3.63, 3.8) is 0 Å². The first-order chi connectivity index (χ1) is 16.3. The quantitative estimate of drug-likeness (QED) is 0.466. The van der Waals surface area contributed by atoms with Gasteiger partial charge in [-0.15, -0.1) is 0 Å². The Morgan fingerprint density at radius 2 is 1.06 bits per heavy atom. The van der Waals surface area contributed by atoms with Crippen molar-refractivity contribution in [1.82, 2.24) is 0 Å². The van der Waals surface area contributed by atoms with Gasteiger partial charge in [0, 0.05) is 5.02 Å². The van der Waals surface area contributed by atoms with Crippen LogP contribution in [-0.2, 0) is 14.4 Å². The van der Waals surface area contributed by atoms with Crippen molar-refractivity contribution < 1.29 is 14.4 Å². The highest BCUT2D eigenvalue weighted by Gasteiger charge is 2.78. The highest BCUT2D eigenvalue weighted by molar-refractivity contribution is 6.34. The van der Waals surface area contributed by atoms with Crippen LogP contribution in [0.5, 0.6) is 0 Å². The van der Waals surface area contributed by atoms with Gasteiger partial charge in [0.1, 0.15) is 0 Å². The summed E-state index contributed by atoms with van der Waals surface area (Å²) in [4.78, 5) is 43.2. The van der Waals surface area contributed by atoms with E-state index in [1.165, 1.54) is 4.90 Å². The number of fused-ring (bicyclic) bond motifs is 5. The monoisotopic (exact) mass is 467 g/mol. The second-order valence-corrected chi connectivity index (χ2v) is 10.1. The van der Waals surface area contributed by atoms with Crippen molar-refractivity contribution in [2.45, 2.75) is 13.8 Å². The Balaban J connectivity index is 1.62. The highest BCUT2D eigenvalue weighted by atomic mass is 35.5. The Bertz CT molecular complexity index is 1310. The molecule has 1 aliphatic heterocycles. The van der Waals surface area contributed by atoms with E-state index < -0.39 is 22.7 Å². The molecule has 4 nitrogen and oxygen atoms in total. The minimum absolute atomic E-state index is 0.0508. The van der Waals surface area contributed by atoms with Gasteiger partial charge < -0.3 is 0 Å². The number of allylic oxidation sites excluding steroid dienone is 2. The van der Waals surface area contributed by atoms with Gasteiger partial charge in [-0.25, -0.2) is 4.90 Å². The zero-order chi connectivity index (χ0) is 23.8. The fourth-order valence-corrected chi connectivity index (χ4v) is 6.78. The van der Waals surface area contributed by atoms with Gasteiger partial charge in [0.2, 0.25) is 11.8 Å². The summed E-state index contributed by atoms with van der Waals surface area (Å²) in [5.74, 6) is -2.20. The van der Waals surface area contributed by atoms with Gasteiger partial charge >= 0.3 is 0 Å². The number of amides is 2. The summed E-state index contributed by atoms with van der Waals surface area (Å²) < 4.78 is 0. The summed E-state index contributed by atoms with van der Waals surface area (Å²) in [6.07, 6.45) is 0. The highest BCUT2D eigenvalue weighted by Crippen LogP contribution is 2.73. The summed E-state index contributed by atoms with van der Waals surface area (Å²) in [7, 11) is 0. The first-order valence-electron chi connectivity index (χ1n) is 11.4. The van der Waals surface area contributed by atoms with Crippen LogP contribution in [0.3, 0.4) is 0 Å². The zero-order valence-electron chi connectivity index (χ0n) is 18.8. The molecule has 1 heterocycles. The maximum absolute atomic E-state index is 14.2. The molecule has 3 aromatic carbocycles. The molecule has 2 bridgehead atoms. The van der Waals surface area contributed by atoms with Gasteiger partial charge in [0.25, 0.3) is 0 Å². The molecule has 3 aromatic rings. The van der Waals surface area contributed by atoms with Crippen LogP contribution in [-0.4, -0.2) is 17.6 Å². The number of imide groups is 1. The van der Waals surface area contributed by atoms with Crippen LogP contribution in [0.4, 0.5) is 5.69 Å². The Kier molecular flexibility index (Phi) is 4.34. The molecule has 168 valence electrons. The number of ketones is 1. The third-order valence-corrected chi connectivity index (χ3v) is 8.24. The Morgan fingerprint density at radius 1 is 0.647 bits per heavy atom. The van der Waals surface area contributed by atoms with Crippen LogP contribution in [0, 0.1) is 22.7 Å². The normalized spacial score (nSPS) is 29.9. The van der Waals surface area contributed by atoms with Gasteiger partial charge in [0.05, 0.1) is 28.4 Å². The molecule has 0 unspecified atom stereocenters. The van der Waals surface area contributed by atoms with Crippen molar-refractivity contribution in [2.75, 3.05) is 4.90 Å². The zero-order valence-corrected chi connectivity index (χ0v) is 19.5. The predicted molar refractivity (Wildman–Crippen MR) is 132 cm³/mol.